The van der Waals surface area contributed by atoms with Gasteiger partial charge in [-0.05, 0) is 30.9 Å². The van der Waals surface area contributed by atoms with Gasteiger partial charge in [-0.3, -0.25) is 4.21 Å². The Kier molecular flexibility index (Phi) is 6.09. The minimum atomic E-state index is -0.724. The van der Waals surface area contributed by atoms with Crippen LogP contribution in [0.5, 0.6) is 0 Å². The lowest BCUT2D eigenvalue weighted by atomic mass is 10.2. The molecule has 0 aromatic heterocycles. The summed E-state index contributed by atoms with van der Waals surface area (Å²) in [6.45, 7) is 2.91. The van der Waals surface area contributed by atoms with Crippen molar-refractivity contribution in [2.75, 3.05) is 18.3 Å². The first kappa shape index (κ1) is 13.7. The largest absolute Gasteiger partial charge is 0.309 e. The molecule has 0 fully saturated rings. The quantitative estimate of drug-likeness (QED) is 0.793. The molecule has 0 bridgehead atoms. The molecule has 0 saturated carbocycles. The molecule has 0 aliphatic heterocycles. The first-order chi connectivity index (χ1) is 7.61. The molecule has 4 heteroatoms. The fraction of sp³-hybridized carbons (Fsp3) is 0.500. The molecule has 90 valence electrons. The lowest BCUT2D eigenvalue weighted by molar-refractivity contribution is 0.587. The van der Waals surface area contributed by atoms with Gasteiger partial charge in [-0.1, -0.05) is 12.1 Å². The Morgan fingerprint density at radius 2 is 2.00 bits per heavy atom. The molecular weight excluding hydrogens is 238 g/mol. The maximum absolute atomic E-state index is 11.0. The maximum atomic E-state index is 11.0. The highest BCUT2D eigenvalue weighted by molar-refractivity contribution is 7.98. The van der Waals surface area contributed by atoms with Crippen LogP contribution in [0.2, 0.25) is 0 Å². The topological polar surface area (TPSA) is 29.1 Å². The molecule has 2 atom stereocenters. The predicted octanol–water partition coefficient (Wildman–Crippen LogP) is 2.27. The van der Waals surface area contributed by atoms with Gasteiger partial charge in [0.05, 0.1) is 0 Å². The summed E-state index contributed by atoms with van der Waals surface area (Å²) in [5.41, 5.74) is 1.27. The molecule has 0 saturated heterocycles. The highest BCUT2D eigenvalue weighted by Gasteiger charge is 2.03. The highest BCUT2D eigenvalue weighted by Crippen LogP contribution is 2.14. The van der Waals surface area contributed by atoms with E-state index in [1.165, 1.54) is 10.5 Å². The third-order valence-electron chi connectivity index (χ3n) is 2.30. The number of benzene rings is 1. The Bertz CT molecular complexity index is 337. The predicted molar refractivity (Wildman–Crippen MR) is 73.5 cm³/mol. The third-order valence-corrected chi connectivity index (χ3v) is 4.01. The van der Waals surface area contributed by atoms with E-state index in [0.29, 0.717) is 11.8 Å². The van der Waals surface area contributed by atoms with Crippen molar-refractivity contribution < 1.29 is 4.21 Å². The zero-order valence-electron chi connectivity index (χ0n) is 10.0. The van der Waals surface area contributed by atoms with Crippen LogP contribution in [0.4, 0.5) is 0 Å². The summed E-state index contributed by atoms with van der Waals surface area (Å²) in [6.07, 6.45) is 3.82. The van der Waals surface area contributed by atoms with Crippen LogP contribution in [-0.4, -0.2) is 28.5 Å². The molecule has 2 unspecified atom stereocenters. The van der Waals surface area contributed by atoms with E-state index in [9.17, 15) is 4.21 Å². The van der Waals surface area contributed by atoms with Crippen molar-refractivity contribution >= 4 is 22.6 Å². The van der Waals surface area contributed by atoms with Crippen LogP contribution in [-0.2, 0) is 17.3 Å². The normalized spacial score (nSPS) is 14.7. The van der Waals surface area contributed by atoms with Gasteiger partial charge in [0.1, 0.15) is 0 Å². The first-order valence-corrected chi connectivity index (χ1v) is 8.23. The van der Waals surface area contributed by atoms with Crippen LogP contribution in [0.3, 0.4) is 0 Å². The molecule has 2 nitrogen and oxygen atoms in total. The van der Waals surface area contributed by atoms with Crippen molar-refractivity contribution in [1.82, 2.24) is 5.32 Å². The van der Waals surface area contributed by atoms with Gasteiger partial charge in [0, 0.05) is 40.3 Å². The minimum Gasteiger partial charge on any atom is -0.309 e. The fourth-order valence-corrected chi connectivity index (χ4v) is 2.68. The van der Waals surface area contributed by atoms with Crippen LogP contribution in [0, 0.1) is 0 Å². The van der Waals surface area contributed by atoms with Crippen molar-refractivity contribution in [3.8, 4) is 0 Å². The number of rotatable bonds is 6. The summed E-state index contributed by atoms with van der Waals surface area (Å²) in [7, 11) is -0.724. The molecule has 0 aliphatic carbocycles. The monoisotopic (exact) mass is 257 g/mol. The van der Waals surface area contributed by atoms with Crippen LogP contribution in [0.1, 0.15) is 12.5 Å². The van der Waals surface area contributed by atoms with Crippen molar-refractivity contribution in [2.45, 2.75) is 24.4 Å². The number of hydrogen-bond donors (Lipinski definition) is 1. The Labute approximate surface area is 105 Å². The standard InChI is InChI=1S/C12H19NOS2/c1-10(9-16(3)14)13-8-11-4-6-12(15-2)7-5-11/h4-7,10,13H,8-9H2,1-3H3. The second kappa shape index (κ2) is 7.09. The van der Waals surface area contributed by atoms with Crippen molar-refractivity contribution in [3.63, 3.8) is 0 Å². The van der Waals surface area contributed by atoms with Crippen molar-refractivity contribution in [2.24, 2.45) is 0 Å². The van der Waals surface area contributed by atoms with Gasteiger partial charge in [0.2, 0.25) is 0 Å². The highest BCUT2D eigenvalue weighted by atomic mass is 32.2. The number of nitrogens with one attached hydrogen (secondary N) is 1. The average molecular weight is 257 g/mol. The first-order valence-electron chi connectivity index (χ1n) is 5.28. The second-order valence-corrected chi connectivity index (χ2v) is 6.23. The maximum Gasteiger partial charge on any atom is 0.0383 e. The summed E-state index contributed by atoms with van der Waals surface area (Å²) in [6, 6.07) is 8.82. The molecule has 1 aromatic carbocycles. The number of hydrogen-bond acceptors (Lipinski definition) is 3. The van der Waals surface area contributed by atoms with Crippen molar-refractivity contribution in [3.05, 3.63) is 29.8 Å². The van der Waals surface area contributed by atoms with E-state index in [-0.39, 0.29) is 0 Å². The molecular formula is C12H19NOS2. The molecule has 0 spiro atoms. The number of thioether (sulfide) groups is 1. The summed E-state index contributed by atoms with van der Waals surface area (Å²) in [4.78, 5) is 1.28. The van der Waals surface area contributed by atoms with Crippen molar-refractivity contribution in [1.29, 1.82) is 0 Å². The smallest absolute Gasteiger partial charge is 0.0383 e. The van der Waals surface area contributed by atoms with Gasteiger partial charge in [0.15, 0.2) is 0 Å². The summed E-state index contributed by atoms with van der Waals surface area (Å²) in [5, 5.41) is 3.37. The molecule has 16 heavy (non-hydrogen) atoms. The summed E-state index contributed by atoms with van der Waals surface area (Å²) < 4.78 is 11.0. The minimum absolute atomic E-state index is 0.297. The lowest BCUT2D eigenvalue weighted by Gasteiger charge is -2.12. The lowest BCUT2D eigenvalue weighted by Crippen LogP contribution is -2.30. The SMILES string of the molecule is CSc1ccc(CNC(C)CS(C)=O)cc1. The van der Waals surface area contributed by atoms with E-state index in [4.69, 9.17) is 0 Å². The van der Waals surface area contributed by atoms with Gasteiger partial charge < -0.3 is 5.32 Å². The fourth-order valence-electron chi connectivity index (χ4n) is 1.45. The molecule has 0 radical (unpaired) electrons. The van der Waals surface area contributed by atoms with E-state index in [1.54, 1.807) is 18.0 Å². The zero-order chi connectivity index (χ0) is 12.0. The van der Waals surface area contributed by atoms with Gasteiger partial charge >= 0.3 is 0 Å². The zero-order valence-corrected chi connectivity index (χ0v) is 11.7. The molecule has 0 amide bonds. The second-order valence-electron chi connectivity index (χ2n) is 3.87. The van der Waals surface area contributed by atoms with Gasteiger partial charge in [-0.25, -0.2) is 0 Å². The van der Waals surface area contributed by atoms with E-state index in [2.05, 4.69) is 42.8 Å². The van der Waals surface area contributed by atoms with Crippen LogP contribution in [0.25, 0.3) is 0 Å². The Morgan fingerprint density at radius 3 is 2.50 bits per heavy atom. The molecule has 0 aliphatic rings. The van der Waals surface area contributed by atoms with Crippen LogP contribution in [0.15, 0.2) is 29.2 Å². The van der Waals surface area contributed by atoms with Gasteiger partial charge in [-0.15, -0.1) is 11.8 Å². The van der Waals surface area contributed by atoms with Crippen LogP contribution < -0.4 is 5.32 Å². The summed E-state index contributed by atoms with van der Waals surface area (Å²) in [5.74, 6) is 0.711. The molecule has 1 aromatic rings. The summed E-state index contributed by atoms with van der Waals surface area (Å²) >= 11 is 1.75. The molecule has 1 rings (SSSR count). The molecule has 0 heterocycles. The van der Waals surface area contributed by atoms with Gasteiger partial charge in [-0.2, -0.15) is 0 Å². The van der Waals surface area contributed by atoms with E-state index in [1.807, 2.05) is 0 Å². The Morgan fingerprint density at radius 1 is 1.38 bits per heavy atom. The van der Waals surface area contributed by atoms with E-state index in [0.717, 1.165) is 6.54 Å². The molecule has 1 N–H and O–H groups in total. The van der Waals surface area contributed by atoms with Crippen LogP contribution >= 0.6 is 11.8 Å². The third kappa shape index (κ3) is 5.14. The average Bonchev–Trinajstić information content (AvgIpc) is 2.26. The van der Waals surface area contributed by atoms with E-state index < -0.39 is 10.8 Å². The van der Waals surface area contributed by atoms with E-state index >= 15 is 0 Å². The Balaban J connectivity index is 2.39. The van der Waals surface area contributed by atoms with Gasteiger partial charge in [0.25, 0.3) is 0 Å². The Hall–Kier alpha value is -0.320.